The number of halogens is 2. The van der Waals surface area contributed by atoms with Crippen molar-refractivity contribution in [2.24, 2.45) is 5.92 Å². The normalized spacial score (nSPS) is 30.7. The second-order valence-electron chi connectivity index (χ2n) is 6.73. The van der Waals surface area contributed by atoms with E-state index >= 15 is 0 Å². The third kappa shape index (κ3) is 3.28. The predicted molar refractivity (Wildman–Crippen MR) is 81.3 cm³/mol. The van der Waals surface area contributed by atoms with E-state index in [9.17, 15) is 8.78 Å². The van der Waals surface area contributed by atoms with Crippen molar-refractivity contribution in [3.05, 3.63) is 35.4 Å². The van der Waals surface area contributed by atoms with Crippen LogP contribution in [0.25, 0.3) is 0 Å². The van der Waals surface area contributed by atoms with Gasteiger partial charge in [-0.15, -0.1) is 0 Å². The summed E-state index contributed by atoms with van der Waals surface area (Å²) in [5.74, 6) is 0.282. The van der Waals surface area contributed by atoms with Crippen LogP contribution < -0.4 is 0 Å². The van der Waals surface area contributed by atoms with Gasteiger partial charge in [-0.3, -0.25) is 4.90 Å². The predicted octanol–water partition coefficient (Wildman–Crippen LogP) is 4.72. The van der Waals surface area contributed by atoms with Crippen molar-refractivity contribution >= 4 is 0 Å². The van der Waals surface area contributed by atoms with E-state index in [1.54, 1.807) is 6.07 Å². The summed E-state index contributed by atoms with van der Waals surface area (Å²) < 4.78 is 26.9. The molecule has 3 heteroatoms. The minimum Gasteiger partial charge on any atom is -0.300 e. The van der Waals surface area contributed by atoms with Crippen LogP contribution in [0, 0.1) is 17.6 Å². The van der Waals surface area contributed by atoms with Gasteiger partial charge in [-0.2, -0.15) is 0 Å². The molecule has 1 aliphatic carbocycles. The highest BCUT2D eigenvalue weighted by atomic mass is 19.1. The van der Waals surface area contributed by atoms with Gasteiger partial charge in [0.15, 0.2) is 0 Å². The summed E-state index contributed by atoms with van der Waals surface area (Å²) in [5.41, 5.74) is 0.696. The smallest absolute Gasteiger partial charge is 0.129 e. The minimum absolute atomic E-state index is 0.231. The second-order valence-corrected chi connectivity index (χ2v) is 6.73. The summed E-state index contributed by atoms with van der Waals surface area (Å²) in [6.45, 7) is 4.28. The molecule has 2 aliphatic rings. The highest BCUT2D eigenvalue weighted by Gasteiger charge is 2.32. The lowest BCUT2D eigenvalue weighted by molar-refractivity contribution is 0.161. The molecule has 1 aromatic rings. The van der Waals surface area contributed by atoms with Crippen LogP contribution in [-0.2, 0) is 0 Å². The van der Waals surface area contributed by atoms with Crippen LogP contribution in [-0.4, -0.2) is 24.0 Å². The number of rotatable bonds is 3. The van der Waals surface area contributed by atoms with E-state index in [-0.39, 0.29) is 11.7 Å². The van der Waals surface area contributed by atoms with Crippen LogP contribution >= 0.6 is 0 Å². The molecule has 0 radical (unpaired) electrons. The topological polar surface area (TPSA) is 3.24 Å². The van der Waals surface area contributed by atoms with Gasteiger partial charge >= 0.3 is 0 Å². The lowest BCUT2D eigenvalue weighted by Gasteiger charge is -2.34. The molecule has 0 bridgehead atoms. The Morgan fingerprint density at radius 3 is 2.52 bits per heavy atom. The highest BCUT2D eigenvalue weighted by Crippen LogP contribution is 2.35. The summed E-state index contributed by atoms with van der Waals surface area (Å²) in [4.78, 5) is 2.54. The monoisotopic (exact) mass is 293 g/mol. The molecule has 116 valence electrons. The molecule has 3 rings (SSSR count). The summed E-state index contributed by atoms with van der Waals surface area (Å²) in [7, 11) is 0. The van der Waals surface area contributed by atoms with Gasteiger partial charge in [-0.1, -0.05) is 19.4 Å². The van der Waals surface area contributed by atoms with Crippen molar-refractivity contribution in [1.82, 2.24) is 4.90 Å². The third-order valence-electron chi connectivity index (χ3n) is 5.53. The van der Waals surface area contributed by atoms with Gasteiger partial charge in [0.05, 0.1) is 0 Å². The van der Waals surface area contributed by atoms with Crippen molar-refractivity contribution in [3.63, 3.8) is 0 Å². The van der Waals surface area contributed by atoms with Gasteiger partial charge in [-0.25, -0.2) is 8.78 Å². The Hall–Kier alpha value is -0.960. The molecular formula is C18H25F2N. The van der Waals surface area contributed by atoms with Crippen LogP contribution in [0.5, 0.6) is 0 Å². The molecule has 1 aliphatic heterocycles. The molecule has 1 heterocycles. The molecule has 0 N–H and O–H groups in total. The lowest BCUT2D eigenvalue weighted by atomic mass is 9.84. The first-order valence-electron chi connectivity index (χ1n) is 8.36. The maximum absolute atomic E-state index is 13.9. The van der Waals surface area contributed by atoms with E-state index in [2.05, 4.69) is 11.8 Å². The van der Waals surface area contributed by atoms with E-state index in [1.165, 1.54) is 38.2 Å². The zero-order valence-electron chi connectivity index (χ0n) is 12.8. The first-order valence-corrected chi connectivity index (χ1v) is 8.36. The molecule has 1 atom stereocenters. The first-order chi connectivity index (χ1) is 10.2. The van der Waals surface area contributed by atoms with Crippen molar-refractivity contribution in [2.45, 2.75) is 57.4 Å². The fraction of sp³-hybridized carbons (Fsp3) is 0.667. The van der Waals surface area contributed by atoms with Crippen molar-refractivity contribution in [1.29, 1.82) is 0 Å². The van der Waals surface area contributed by atoms with Crippen molar-refractivity contribution in [3.8, 4) is 0 Å². The largest absolute Gasteiger partial charge is 0.300 e. The Morgan fingerprint density at radius 1 is 1.10 bits per heavy atom. The molecule has 21 heavy (non-hydrogen) atoms. The van der Waals surface area contributed by atoms with Gasteiger partial charge in [-0.05, 0) is 56.2 Å². The fourth-order valence-corrected chi connectivity index (χ4v) is 4.12. The molecular weight excluding hydrogens is 268 g/mol. The van der Waals surface area contributed by atoms with Crippen LogP contribution in [0.15, 0.2) is 18.2 Å². The van der Waals surface area contributed by atoms with E-state index in [1.807, 2.05) is 0 Å². The van der Waals surface area contributed by atoms with E-state index in [0.29, 0.717) is 11.6 Å². The molecule has 1 saturated heterocycles. The molecule has 0 spiro atoms. The summed E-state index contributed by atoms with van der Waals surface area (Å²) in [6.07, 6.45) is 7.56. The average Bonchev–Trinajstić information content (AvgIpc) is 2.97. The molecule has 0 unspecified atom stereocenters. The molecule has 1 nitrogen and oxygen atoms in total. The zero-order chi connectivity index (χ0) is 14.8. The van der Waals surface area contributed by atoms with E-state index < -0.39 is 5.82 Å². The number of hydrogen-bond acceptors (Lipinski definition) is 1. The number of likely N-dealkylation sites (tertiary alicyclic amines) is 1. The summed E-state index contributed by atoms with van der Waals surface area (Å²) in [6, 6.07) is 4.71. The van der Waals surface area contributed by atoms with E-state index in [0.717, 1.165) is 31.5 Å². The fourth-order valence-electron chi connectivity index (χ4n) is 4.12. The van der Waals surface area contributed by atoms with Crippen LogP contribution in [0.1, 0.15) is 56.9 Å². The number of nitrogens with zero attached hydrogens (tertiary/aromatic N) is 1. The SMILES string of the molecule is CCC1CCC(N2CC[C@H](c3ccc(F)cc3F)C2)CC1. The Balaban J connectivity index is 1.60. The quantitative estimate of drug-likeness (QED) is 0.779. The molecule has 1 saturated carbocycles. The van der Waals surface area contributed by atoms with Gasteiger partial charge in [0.1, 0.15) is 11.6 Å². The molecule has 0 amide bonds. The van der Waals surface area contributed by atoms with Gasteiger partial charge in [0.25, 0.3) is 0 Å². The maximum atomic E-state index is 13.9. The van der Waals surface area contributed by atoms with Crippen LogP contribution in [0.2, 0.25) is 0 Å². The third-order valence-corrected chi connectivity index (χ3v) is 5.53. The van der Waals surface area contributed by atoms with E-state index in [4.69, 9.17) is 0 Å². The van der Waals surface area contributed by atoms with Gasteiger partial charge < -0.3 is 0 Å². The van der Waals surface area contributed by atoms with Crippen molar-refractivity contribution in [2.75, 3.05) is 13.1 Å². The maximum Gasteiger partial charge on any atom is 0.129 e. The van der Waals surface area contributed by atoms with Crippen LogP contribution in [0.4, 0.5) is 8.78 Å². The van der Waals surface area contributed by atoms with Gasteiger partial charge in [0, 0.05) is 24.6 Å². The number of benzene rings is 1. The lowest BCUT2D eigenvalue weighted by Crippen LogP contribution is -2.36. The Morgan fingerprint density at radius 2 is 1.86 bits per heavy atom. The van der Waals surface area contributed by atoms with Gasteiger partial charge in [0.2, 0.25) is 0 Å². The Kier molecular flexibility index (Phi) is 4.58. The van der Waals surface area contributed by atoms with Crippen LogP contribution in [0.3, 0.4) is 0 Å². The molecule has 0 aromatic heterocycles. The number of hydrogen-bond donors (Lipinski definition) is 0. The Bertz CT molecular complexity index is 480. The first kappa shape index (κ1) is 15.0. The highest BCUT2D eigenvalue weighted by molar-refractivity contribution is 5.24. The zero-order valence-corrected chi connectivity index (χ0v) is 12.8. The molecule has 1 aromatic carbocycles. The Labute approximate surface area is 126 Å². The van der Waals surface area contributed by atoms with Crippen molar-refractivity contribution < 1.29 is 8.78 Å². The summed E-state index contributed by atoms with van der Waals surface area (Å²) >= 11 is 0. The minimum atomic E-state index is -0.482. The standard InChI is InChI=1S/C18H25F2N/c1-2-13-3-6-16(7-4-13)21-10-9-14(12-21)17-8-5-15(19)11-18(17)20/h5,8,11,13-14,16H,2-4,6-7,9-10,12H2,1H3/t13?,14-,16?/m0/s1. The molecule has 2 fully saturated rings. The average molecular weight is 293 g/mol. The summed E-state index contributed by atoms with van der Waals surface area (Å²) in [5, 5.41) is 0. The second kappa shape index (κ2) is 6.43.